The molecule has 16 heavy (non-hydrogen) atoms. The van der Waals surface area contributed by atoms with Gasteiger partial charge in [0.25, 0.3) is 0 Å². The lowest BCUT2D eigenvalue weighted by Gasteiger charge is -2.10. The van der Waals surface area contributed by atoms with Crippen molar-refractivity contribution >= 4 is 17.4 Å². The van der Waals surface area contributed by atoms with Gasteiger partial charge in [0.1, 0.15) is 5.82 Å². The number of nitrogens with one attached hydrogen (secondary N) is 1. The predicted octanol–water partition coefficient (Wildman–Crippen LogP) is 1.94. The van der Waals surface area contributed by atoms with Gasteiger partial charge in [0, 0.05) is 12.6 Å². The average molecular weight is 256 g/mol. The van der Waals surface area contributed by atoms with Crippen LogP contribution in [0.15, 0.2) is 6.07 Å². The van der Waals surface area contributed by atoms with Crippen LogP contribution in [0.2, 0.25) is 5.28 Å². The summed E-state index contributed by atoms with van der Waals surface area (Å²) < 4.78 is 37.0. The second kappa shape index (κ2) is 4.84. The average Bonchev–Trinajstić information content (AvgIpc) is 2.12. The summed E-state index contributed by atoms with van der Waals surface area (Å²) in [5.74, 6) is -0.0757. The highest BCUT2D eigenvalue weighted by Gasteiger charge is 2.33. The third kappa shape index (κ3) is 3.82. The molecule has 0 aliphatic rings. The van der Waals surface area contributed by atoms with E-state index in [0.717, 1.165) is 6.07 Å². The Balaban J connectivity index is 2.90. The van der Waals surface area contributed by atoms with E-state index in [4.69, 9.17) is 16.7 Å². The maximum Gasteiger partial charge on any atom is 0.433 e. The Bertz CT molecular complexity index is 370. The number of hydrogen-bond donors (Lipinski definition) is 2. The number of aliphatic hydroxyl groups is 1. The first-order chi connectivity index (χ1) is 7.29. The van der Waals surface area contributed by atoms with E-state index < -0.39 is 23.3 Å². The second-order valence-corrected chi connectivity index (χ2v) is 3.47. The van der Waals surface area contributed by atoms with Crippen LogP contribution < -0.4 is 5.32 Å². The maximum atomic E-state index is 12.3. The van der Waals surface area contributed by atoms with Gasteiger partial charge in [-0.25, -0.2) is 9.97 Å². The number of rotatable bonds is 3. The maximum absolute atomic E-state index is 12.3. The van der Waals surface area contributed by atoms with Crippen LogP contribution in [0, 0.1) is 0 Å². The van der Waals surface area contributed by atoms with Gasteiger partial charge in [0.15, 0.2) is 5.69 Å². The molecule has 90 valence electrons. The Morgan fingerprint density at radius 3 is 2.62 bits per heavy atom. The summed E-state index contributed by atoms with van der Waals surface area (Å²) in [5, 5.41) is 11.0. The number of halogens is 4. The summed E-state index contributed by atoms with van der Waals surface area (Å²) >= 11 is 5.35. The molecule has 1 heterocycles. The molecule has 4 nitrogen and oxygen atoms in total. The summed E-state index contributed by atoms with van der Waals surface area (Å²) in [5.41, 5.74) is -1.12. The van der Waals surface area contributed by atoms with Gasteiger partial charge in [0.05, 0.1) is 6.10 Å². The lowest BCUT2D eigenvalue weighted by Crippen LogP contribution is -2.17. The molecule has 0 saturated carbocycles. The first-order valence-corrected chi connectivity index (χ1v) is 4.70. The fourth-order valence-corrected chi connectivity index (χ4v) is 1.09. The van der Waals surface area contributed by atoms with Gasteiger partial charge in [-0.1, -0.05) is 0 Å². The molecule has 8 heteroatoms. The van der Waals surface area contributed by atoms with Crippen LogP contribution in [0.25, 0.3) is 0 Å². The van der Waals surface area contributed by atoms with E-state index >= 15 is 0 Å². The molecule has 2 N–H and O–H groups in total. The normalized spacial score (nSPS) is 13.6. The predicted molar refractivity (Wildman–Crippen MR) is 52.2 cm³/mol. The minimum absolute atomic E-state index is 0.0740. The number of anilines is 1. The van der Waals surface area contributed by atoms with Crippen molar-refractivity contribution in [2.45, 2.75) is 19.2 Å². The molecule has 0 bridgehead atoms. The van der Waals surface area contributed by atoms with E-state index in [2.05, 4.69) is 15.3 Å². The number of aromatic nitrogens is 2. The minimum Gasteiger partial charge on any atom is -0.392 e. The molecule has 0 aromatic carbocycles. The molecular formula is C8H9ClF3N3O. The van der Waals surface area contributed by atoms with Crippen molar-refractivity contribution in [1.82, 2.24) is 9.97 Å². The Kier molecular flexibility index (Phi) is 3.93. The van der Waals surface area contributed by atoms with Gasteiger partial charge >= 0.3 is 6.18 Å². The number of aliphatic hydroxyl groups excluding tert-OH is 1. The smallest absolute Gasteiger partial charge is 0.392 e. The molecule has 0 aliphatic heterocycles. The van der Waals surface area contributed by atoms with Gasteiger partial charge < -0.3 is 10.4 Å². The lowest BCUT2D eigenvalue weighted by atomic mass is 10.3. The zero-order valence-corrected chi connectivity index (χ0v) is 8.97. The molecule has 0 spiro atoms. The molecule has 1 aromatic rings. The van der Waals surface area contributed by atoms with Crippen LogP contribution in [0.5, 0.6) is 0 Å². The molecule has 1 atom stereocenters. The van der Waals surface area contributed by atoms with Crippen LogP contribution in [-0.4, -0.2) is 27.7 Å². The Morgan fingerprint density at radius 2 is 2.12 bits per heavy atom. The zero-order chi connectivity index (χ0) is 12.3. The van der Waals surface area contributed by atoms with Crippen molar-refractivity contribution in [2.24, 2.45) is 0 Å². The zero-order valence-electron chi connectivity index (χ0n) is 8.22. The molecule has 1 aromatic heterocycles. The molecule has 0 aliphatic carbocycles. The number of nitrogens with zero attached hydrogens (tertiary/aromatic N) is 2. The standard InChI is InChI=1S/C8H9ClF3N3O/c1-4(16)3-13-6-2-5(8(10,11)12)14-7(9)15-6/h2,4,16H,3H2,1H3,(H,13,14,15). The second-order valence-electron chi connectivity index (χ2n) is 3.14. The van der Waals surface area contributed by atoms with Crippen molar-refractivity contribution in [3.05, 3.63) is 17.0 Å². The summed E-state index contributed by atoms with van der Waals surface area (Å²) in [6.07, 6.45) is -5.28. The van der Waals surface area contributed by atoms with Crippen molar-refractivity contribution in [3.63, 3.8) is 0 Å². The van der Waals surface area contributed by atoms with E-state index in [-0.39, 0.29) is 12.4 Å². The van der Waals surface area contributed by atoms with Gasteiger partial charge in [-0.2, -0.15) is 13.2 Å². The SMILES string of the molecule is CC(O)CNc1cc(C(F)(F)F)nc(Cl)n1. The van der Waals surface area contributed by atoms with Gasteiger partial charge in [0.2, 0.25) is 5.28 Å². The van der Waals surface area contributed by atoms with Gasteiger partial charge in [-0.3, -0.25) is 0 Å². The van der Waals surface area contributed by atoms with E-state index in [9.17, 15) is 13.2 Å². The molecular weight excluding hydrogens is 247 g/mol. The summed E-state index contributed by atoms with van der Waals surface area (Å²) in [4.78, 5) is 6.61. The highest BCUT2D eigenvalue weighted by atomic mass is 35.5. The summed E-state index contributed by atoms with van der Waals surface area (Å²) in [6.45, 7) is 1.56. The van der Waals surface area contributed by atoms with Crippen molar-refractivity contribution < 1.29 is 18.3 Å². The Labute approximate surface area is 94.5 Å². The van der Waals surface area contributed by atoms with E-state index in [0.29, 0.717) is 0 Å². The van der Waals surface area contributed by atoms with Crippen molar-refractivity contribution in [1.29, 1.82) is 0 Å². The largest absolute Gasteiger partial charge is 0.433 e. The lowest BCUT2D eigenvalue weighted by molar-refractivity contribution is -0.141. The Morgan fingerprint density at radius 1 is 1.50 bits per heavy atom. The third-order valence-electron chi connectivity index (χ3n) is 1.57. The van der Waals surface area contributed by atoms with Crippen LogP contribution in [0.4, 0.5) is 19.0 Å². The van der Waals surface area contributed by atoms with Crippen LogP contribution in [0.1, 0.15) is 12.6 Å². The fraction of sp³-hybridized carbons (Fsp3) is 0.500. The quantitative estimate of drug-likeness (QED) is 0.811. The van der Waals surface area contributed by atoms with E-state index in [1.807, 2.05) is 0 Å². The topological polar surface area (TPSA) is 58.0 Å². The minimum atomic E-state index is -4.58. The van der Waals surface area contributed by atoms with Crippen LogP contribution >= 0.6 is 11.6 Å². The van der Waals surface area contributed by atoms with Gasteiger partial charge in [-0.05, 0) is 18.5 Å². The van der Waals surface area contributed by atoms with Crippen LogP contribution in [0.3, 0.4) is 0 Å². The fourth-order valence-electron chi connectivity index (χ4n) is 0.906. The number of alkyl halides is 3. The molecule has 0 fully saturated rings. The summed E-state index contributed by atoms with van der Waals surface area (Å²) in [6, 6.07) is 0.730. The molecule has 1 rings (SSSR count). The van der Waals surface area contributed by atoms with Crippen molar-refractivity contribution in [2.75, 3.05) is 11.9 Å². The van der Waals surface area contributed by atoms with Crippen molar-refractivity contribution in [3.8, 4) is 0 Å². The molecule has 1 unspecified atom stereocenters. The van der Waals surface area contributed by atoms with E-state index in [1.165, 1.54) is 6.92 Å². The third-order valence-corrected chi connectivity index (χ3v) is 1.74. The van der Waals surface area contributed by atoms with Gasteiger partial charge in [-0.15, -0.1) is 0 Å². The molecule has 0 amide bonds. The Hall–Kier alpha value is -1.08. The number of hydrogen-bond acceptors (Lipinski definition) is 4. The summed E-state index contributed by atoms with van der Waals surface area (Å²) in [7, 11) is 0. The highest BCUT2D eigenvalue weighted by Crippen LogP contribution is 2.29. The van der Waals surface area contributed by atoms with E-state index in [1.54, 1.807) is 0 Å². The van der Waals surface area contributed by atoms with Crippen LogP contribution in [-0.2, 0) is 6.18 Å². The first kappa shape index (κ1) is 13.0. The first-order valence-electron chi connectivity index (χ1n) is 4.33. The highest BCUT2D eigenvalue weighted by molar-refractivity contribution is 6.28. The monoisotopic (exact) mass is 255 g/mol. The molecule has 0 radical (unpaired) electrons. The molecule has 0 saturated heterocycles.